The van der Waals surface area contributed by atoms with Crippen molar-refractivity contribution in [3.05, 3.63) is 52.0 Å². The largest absolute Gasteiger partial charge is 0.496 e. The van der Waals surface area contributed by atoms with Gasteiger partial charge in [0.1, 0.15) is 11.6 Å². The Morgan fingerprint density at radius 1 is 1.33 bits per heavy atom. The van der Waals surface area contributed by atoms with E-state index in [0.29, 0.717) is 17.7 Å². The molecule has 0 bridgehead atoms. The third-order valence-corrected chi connectivity index (χ3v) is 4.29. The van der Waals surface area contributed by atoms with Crippen LogP contribution in [0.15, 0.2) is 35.7 Å². The Labute approximate surface area is 129 Å². The second-order valence-corrected chi connectivity index (χ2v) is 6.10. The first-order valence-corrected chi connectivity index (χ1v) is 7.78. The molecule has 0 aliphatic heterocycles. The average molecular weight is 308 g/mol. The minimum Gasteiger partial charge on any atom is -0.496 e. The number of hydrogen-bond acceptors (Lipinski definition) is 4. The molecule has 0 spiro atoms. The smallest absolute Gasteiger partial charge is 0.131 e. The molecule has 5 heteroatoms. The van der Waals surface area contributed by atoms with Gasteiger partial charge in [-0.3, -0.25) is 0 Å². The zero-order valence-corrected chi connectivity index (χ0v) is 13.2. The third-order valence-electron chi connectivity index (χ3n) is 3.43. The molecule has 0 radical (unpaired) electrons. The van der Waals surface area contributed by atoms with Crippen LogP contribution in [0.5, 0.6) is 5.75 Å². The van der Waals surface area contributed by atoms with Gasteiger partial charge in [-0.1, -0.05) is 12.1 Å². The molecule has 2 N–H and O–H groups in total. The quantitative estimate of drug-likeness (QED) is 0.852. The van der Waals surface area contributed by atoms with Crippen molar-refractivity contribution in [2.24, 2.45) is 5.73 Å². The van der Waals surface area contributed by atoms with E-state index in [9.17, 15) is 4.39 Å². The molecular formula is C16H21FN2OS. The molecule has 1 heterocycles. The SMILES string of the molecule is COc1cccc(F)c1C(N)CCN(C)Cc1cccs1. The molecule has 0 aliphatic rings. The van der Waals surface area contributed by atoms with E-state index in [1.54, 1.807) is 23.5 Å². The summed E-state index contributed by atoms with van der Waals surface area (Å²) in [6.07, 6.45) is 0.680. The Morgan fingerprint density at radius 3 is 2.81 bits per heavy atom. The maximum Gasteiger partial charge on any atom is 0.131 e. The fraction of sp³-hybridized carbons (Fsp3) is 0.375. The molecule has 1 unspecified atom stereocenters. The summed E-state index contributed by atoms with van der Waals surface area (Å²) in [6, 6.07) is 8.59. The Bertz CT molecular complexity index is 559. The van der Waals surface area contributed by atoms with Gasteiger partial charge in [-0.25, -0.2) is 4.39 Å². The van der Waals surface area contributed by atoms with Crippen LogP contribution in [0.25, 0.3) is 0 Å². The van der Waals surface area contributed by atoms with Gasteiger partial charge in [-0.15, -0.1) is 11.3 Å². The van der Waals surface area contributed by atoms with Crippen LogP contribution in [0.1, 0.15) is 22.9 Å². The van der Waals surface area contributed by atoms with Crippen LogP contribution in [0.4, 0.5) is 4.39 Å². The van der Waals surface area contributed by atoms with Gasteiger partial charge in [0.2, 0.25) is 0 Å². The number of thiophene rings is 1. The molecule has 1 aromatic carbocycles. The molecule has 0 fully saturated rings. The third kappa shape index (κ3) is 4.27. The maximum atomic E-state index is 13.9. The predicted molar refractivity (Wildman–Crippen MR) is 85.2 cm³/mol. The summed E-state index contributed by atoms with van der Waals surface area (Å²) < 4.78 is 19.2. The predicted octanol–water partition coefficient (Wildman–Crippen LogP) is 3.42. The van der Waals surface area contributed by atoms with Crippen molar-refractivity contribution in [3.8, 4) is 5.75 Å². The lowest BCUT2D eigenvalue weighted by molar-refractivity contribution is 0.310. The van der Waals surface area contributed by atoms with E-state index in [1.807, 2.05) is 13.1 Å². The van der Waals surface area contributed by atoms with Gasteiger partial charge in [0.15, 0.2) is 0 Å². The summed E-state index contributed by atoms with van der Waals surface area (Å²) >= 11 is 1.74. The Hall–Kier alpha value is -1.43. The Balaban J connectivity index is 1.94. The van der Waals surface area contributed by atoms with E-state index in [0.717, 1.165) is 13.1 Å². The second kappa shape index (κ2) is 7.54. The number of hydrogen-bond donors (Lipinski definition) is 1. The fourth-order valence-corrected chi connectivity index (χ4v) is 3.09. The lowest BCUT2D eigenvalue weighted by atomic mass is 10.0. The van der Waals surface area contributed by atoms with Crippen molar-refractivity contribution in [2.75, 3.05) is 20.7 Å². The Kier molecular flexibility index (Phi) is 5.73. The van der Waals surface area contributed by atoms with Gasteiger partial charge in [-0.05, 0) is 37.0 Å². The lowest BCUT2D eigenvalue weighted by Gasteiger charge is -2.20. The van der Waals surface area contributed by atoms with Gasteiger partial charge < -0.3 is 15.4 Å². The minimum absolute atomic E-state index is 0.303. The van der Waals surface area contributed by atoms with Crippen LogP contribution in [0.3, 0.4) is 0 Å². The number of ether oxygens (including phenoxy) is 1. The van der Waals surface area contributed by atoms with Crippen LogP contribution < -0.4 is 10.5 Å². The number of halogens is 1. The Morgan fingerprint density at radius 2 is 2.14 bits per heavy atom. The molecule has 0 saturated carbocycles. The number of nitrogens with two attached hydrogens (primary N) is 1. The number of methoxy groups -OCH3 is 1. The monoisotopic (exact) mass is 308 g/mol. The number of rotatable bonds is 7. The topological polar surface area (TPSA) is 38.5 Å². The van der Waals surface area contributed by atoms with Crippen molar-refractivity contribution in [2.45, 2.75) is 19.0 Å². The van der Waals surface area contributed by atoms with E-state index in [1.165, 1.54) is 18.1 Å². The van der Waals surface area contributed by atoms with Crippen LogP contribution in [-0.4, -0.2) is 25.6 Å². The summed E-state index contributed by atoms with van der Waals surface area (Å²) in [5.74, 6) is 0.214. The van der Waals surface area contributed by atoms with E-state index < -0.39 is 0 Å². The van der Waals surface area contributed by atoms with E-state index >= 15 is 0 Å². The standard InChI is InChI=1S/C16H21FN2OS/c1-19(11-12-5-4-10-21-12)9-8-14(18)16-13(17)6-3-7-15(16)20-2/h3-7,10,14H,8-9,11,18H2,1-2H3. The molecule has 1 aromatic heterocycles. The summed E-state index contributed by atoms with van der Waals surface area (Å²) in [6.45, 7) is 1.69. The van der Waals surface area contributed by atoms with Crippen molar-refractivity contribution >= 4 is 11.3 Å². The molecule has 2 rings (SSSR count). The summed E-state index contributed by atoms with van der Waals surface area (Å²) in [4.78, 5) is 3.51. The highest BCUT2D eigenvalue weighted by Gasteiger charge is 2.17. The second-order valence-electron chi connectivity index (χ2n) is 5.07. The molecule has 0 aliphatic carbocycles. The van der Waals surface area contributed by atoms with Gasteiger partial charge >= 0.3 is 0 Å². The fourth-order valence-electron chi connectivity index (χ4n) is 2.31. The molecular weight excluding hydrogens is 287 g/mol. The number of nitrogens with zero attached hydrogens (tertiary/aromatic N) is 1. The van der Waals surface area contributed by atoms with E-state index in [4.69, 9.17) is 10.5 Å². The summed E-state index contributed by atoms with van der Waals surface area (Å²) in [5, 5.41) is 2.07. The zero-order chi connectivity index (χ0) is 15.2. The van der Waals surface area contributed by atoms with Gasteiger partial charge in [0, 0.05) is 29.6 Å². The maximum absolute atomic E-state index is 13.9. The van der Waals surface area contributed by atoms with Crippen LogP contribution in [0.2, 0.25) is 0 Å². The van der Waals surface area contributed by atoms with Crippen molar-refractivity contribution in [3.63, 3.8) is 0 Å². The lowest BCUT2D eigenvalue weighted by Crippen LogP contribution is -2.24. The number of benzene rings is 1. The molecule has 2 aromatic rings. The highest BCUT2D eigenvalue weighted by Crippen LogP contribution is 2.28. The van der Waals surface area contributed by atoms with Gasteiger partial charge in [0.25, 0.3) is 0 Å². The molecule has 1 atom stereocenters. The molecule has 3 nitrogen and oxygen atoms in total. The van der Waals surface area contributed by atoms with Crippen molar-refractivity contribution in [1.29, 1.82) is 0 Å². The van der Waals surface area contributed by atoms with Crippen LogP contribution >= 0.6 is 11.3 Å². The van der Waals surface area contributed by atoms with Crippen molar-refractivity contribution < 1.29 is 9.13 Å². The summed E-state index contributed by atoms with van der Waals surface area (Å²) in [5.41, 5.74) is 6.61. The van der Waals surface area contributed by atoms with Crippen LogP contribution in [-0.2, 0) is 6.54 Å². The molecule has 0 saturated heterocycles. The highest BCUT2D eigenvalue weighted by atomic mass is 32.1. The summed E-state index contributed by atoms with van der Waals surface area (Å²) in [7, 11) is 3.58. The molecule has 0 amide bonds. The first-order chi connectivity index (χ1) is 10.1. The van der Waals surface area contributed by atoms with Crippen LogP contribution in [0, 0.1) is 5.82 Å². The first kappa shape index (κ1) is 15.9. The minimum atomic E-state index is -0.369. The molecule has 21 heavy (non-hydrogen) atoms. The van der Waals surface area contributed by atoms with Gasteiger partial charge in [-0.2, -0.15) is 0 Å². The highest BCUT2D eigenvalue weighted by molar-refractivity contribution is 7.09. The van der Waals surface area contributed by atoms with Crippen molar-refractivity contribution in [1.82, 2.24) is 4.90 Å². The molecule has 114 valence electrons. The van der Waals surface area contributed by atoms with Gasteiger partial charge in [0.05, 0.1) is 7.11 Å². The first-order valence-electron chi connectivity index (χ1n) is 6.90. The zero-order valence-electron chi connectivity index (χ0n) is 12.4. The van der Waals surface area contributed by atoms with E-state index in [-0.39, 0.29) is 11.9 Å². The van der Waals surface area contributed by atoms with E-state index in [2.05, 4.69) is 16.3 Å². The average Bonchev–Trinajstić information content (AvgIpc) is 2.97. The normalized spacial score (nSPS) is 12.6.